The van der Waals surface area contributed by atoms with E-state index >= 15 is 0 Å². The van der Waals surface area contributed by atoms with Gasteiger partial charge < -0.3 is 14.7 Å². The fourth-order valence-corrected chi connectivity index (χ4v) is 3.98. The first-order valence-corrected chi connectivity index (χ1v) is 8.81. The van der Waals surface area contributed by atoms with Crippen LogP contribution in [0.3, 0.4) is 0 Å². The fraction of sp³-hybridized carbons (Fsp3) is 0.667. The number of aliphatic hydroxyl groups excluding tert-OH is 1. The number of rotatable bonds is 2. The predicted molar refractivity (Wildman–Crippen MR) is 87.6 cm³/mol. The molecule has 1 fully saturated rings. The third kappa shape index (κ3) is 4.97. The molecular formula is C15H22BrNO3S. The van der Waals surface area contributed by atoms with Crippen molar-refractivity contribution < 1.29 is 14.6 Å². The molecule has 1 amide bonds. The van der Waals surface area contributed by atoms with E-state index in [1.807, 2.05) is 26.2 Å². The first-order chi connectivity index (χ1) is 9.74. The zero-order chi connectivity index (χ0) is 15.6. The van der Waals surface area contributed by atoms with E-state index in [1.165, 1.54) is 4.88 Å². The van der Waals surface area contributed by atoms with Gasteiger partial charge in [-0.1, -0.05) is 0 Å². The maximum absolute atomic E-state index is 12.1. The smallest absolute Gasteiger partial charge is 0.410 e. The fourth-order valence-electron chi connectivity index (χ4n) is 2.43. The summed E-state index contributed by atoms with van der Waals surface area (Å²) in [6.07, 6.45) is 0.754. The number of piperidine rings is 1. The van der Waals surface area contributed by atoms with E-state index in [2.05, 4.69) is 22.0 Å². The van der Waals surface area contributed by atoms with Crippen molar-refractivity contribution in [3.05, 3.63) is 20.8 Å². The number of nitrogens with zero attached hydrogens (tertiary/aromatic N) is 1. The maximum atomic E-state index is 12.1. The summed E-state index contributed by atoms with van der Waals surface area (Å²) < 4.78 is 6.48. The van der Waals surface area contributed by atoms with Crippen LogP contribution in [0.25, 0.3) is 0 Å². The molecule has 0 aromatic carbocycles. The molecule has 1 aliphatic rings. The zero-order valence-electron chi connectivity index (χ0n) is 12.6. The standard InChI is InChI=1S/C15H22BrNO3S/c1-15(2,3)20-14(19)17-5-4-13(18)10(8-17)6-12-7-11(16)9-21-12/h7,9-10,13,18H,4-6,8H2,1-3H3. The van der Waals surface area contributed by atoms with Gasteiger partial charge in [0.1, 0.15) is 5.60 Å². The molecule has 2 rings (SSSR count). The normalized spacial score (nSPS) is 23.2. The minimum atomic E-state index is -0.485. The van der Waals surface area contributed by atoms with Crippen LogP contribution in [0.4, 0.5) is 4.79 Å². The van der Waals surface area contributed by atoms with E-state index in [1.54, 1.807) is 16.2 Å². The molecule has 0 saturated carbocycles. The quantitative estimate of drug-likeness (QED) is 0.857. The maximum Gasteiger partial charge on any atom is 0.410 e. The Labute approximate surface area is 138 Å². The SMILES string of the molecule is CC(C)(C)OC(=O)N1CCC(O)C(Cc2cc(Br)cs2)C1. The second-order valence-electron chi connectivity index (χ2n) is 6.48. The molecule has 0 bridgehead atoms. The van der Waals surface area contributed by atoms with E-state index in [-0.39, 0.29) is 18.1 Å². The molecule has 4 nitrogen and oxygen atoms in total. The van der Waals surface area contributed by atoms with Crippen LogP contribution in [0.1, 0.15) is 32.1 Å². The van der Waals surface area contributed by atoms with Crippen LogP contribution in [-0.2, 0) is 11.2 Å². The Morgan fingerprint density at radius 1 is 1.57 bits per heavy atom. The number of carbonyl (C=O) groups excluding carboxylic acids is 1. The number of hydrogen-bond donors (Lipinski definition) is 1. The number of amides is 1. The van der Waals surface area contributed by atoms with Crippen LogP contribution >= 0.6 is 27.3 Å². The molecule has 1 aromatic rings. The minimum absolute atomic E-state index is 0.0665. The minimum Gasteiger partial charge on any atom is -0.444 e. The molecule has 1 N–H and O–H groups in total. The Hall–Kier alpha value is -0.590. The summed E-state index contributed by atoms with van der Waals surface area (Å²) in [6, 6.07) is 2.07. The largest absolute Gasteiger partial charge is 0.444 e. The van der Waals surface area contributed by atoms with Gasteiger partial charge in [-0.15, -0.1) is 11.3 Å². The highest BCUT2D eigenvalue weighted by Crippen LogP contribution is 2.27. The second kappa shape index (κ2) is 6.67. The molecular weight excluding hydrogens is 354 g/mol. The Morgan fingerprint density at radius 2 is 2.29 bits per heavy atom. The molecule has 118 valence electrons. The molecule has 2 unspecified atom stereocenters. The molecule has 21 heavy (non-hydrogen) atoms. The van der Waals surface area contributed by atoms with Crippen molar-refractivity contribution in [2.75, 3.05) is 13.1 Å². The van der Waals surface area contributed by atoms with Gasteiger partial charge in [-0.25, -0.2) is 4.79 Å². The van der Waals surface area contributed by atoms with Gasteiger partial charge in [0.05, 0.1) is 6.10 Å². The van der Waals surface area contributed by atoms with Gasteiger partial charge in [0.2, 0.25) is 0 Å². The lowest BCUT2D eigenvalue weighted by Crippen LogP contribution is -2.48. The first-order valence-electron chi connectivity index (χ1n) is 7.13. The van der Waals surface area contributed by atoms with Gasteiger partial charge in [-0.05, 0) is 55.6 Å². The van der Waals surface area contributed by atoms with Crippen LogP contribution in [0.5, 0.6) is 0 Å². The van der Waals surface area contributed by atoms with Gasteiger partial charge >= 0.3 is 6.09 Å². The van der Waals surface area contributed by atoms with Crippen molar-refractivity contribution in [3.8, 4) is 0 Å². The highest BCUT2D eigenvalue weighted by Gasteiger charge is 2.32. The summed E-state index contributed by atoms with van der Waals surface area (Å²) in [5, 5.41) is 12.2. The second-order valence-corrected chi connectivity index (χ2v) is 8.39. The van der Waals surface area contributed by atoms with Gasteiger partial charge in [0, 0.05) is 33.7 Å². The zero-order valence-corrected chi connectivity index (χ0v) is 15.0. The molecule has 6 heteroatoms. The van der Waals surface area contributed by atoms with Crippen LogP contribution in [0, 0.1) is 5.92 Å². The molecule has 1 aliphatic heterocycles. The first kappa shape index (κ1) is 16.8. The Bertz CT molecular complexity index is 497. The molecule has 0 spiro atoms. The highest BCUT2D eigenvalue weighted by atomic mass is 79.9. The Morgan fingerprint density at radius 3 is 2.86 bits per heavy atom. The average molecular weight is 376 g/mol. The van der Waals surface area contributed by atoms with Crippen molar-refractivity contribution in [2.45, 2.75) is 45.3 Å². The van der Waals surface area contributed by atoms with E-state index in [9.17, 15) is 9.90 Å². The topological polar surface area (TPSA) is 49.8 Å². The summed E-state index contributed by atoms with van der Waals surface area (Å²) in [4.78, 5) is 15.1. The summed E-state index contributed by atoms with van der Waals surface area (Å²) in [5.74, 6) is 0.0665. The molecule has 1 saturated heterocycles. The number of likely N-dealkylation sites (tertiary alicyclic amines) is 1. The molecule has 2 heterocycles. The third-order valence-electron chi connectivity index (χ3n) is 3.43. The summed E-state index contributed by atoms with van der Waals surface area (Å²) in [6.45, 7) is 6.70. The lowest BCUT2D eigenvalue weighted by atomic mass is 9.91. The van der Waals surface area contributed by atoms with Gasteiger partial charge in [-0.2, -0.15) is 0 Å². The number of hydrogen-bond acceptors (Lipinski definition) is 4. The predicted octanol–water partition coefficient (Wildman–Crippen LogP) is 3.67. The van der Waals surface area contributed by atoms with Crippen LogP contribution in [0.15, 0.2) is 15.9 Å². The van der Waals surface area contributed by atoms with Crippen molar-refractivity contribution >= 4 is 33.4 Å². The lowest BCUT2D eigenvalue weighted by Gasteiger charge is -2.36. The van der Waals surface area contributed by atoms with E-state index < -0.39 is 5.60 Å². The van der Waals surface area contributed by atoms with Crippen molar-refractivity contribution in [3.63, 3.8) is 0 Å². The van der Waals surface area contributed by atoms with Crippen LogP contribution < -0.4 is 0 Å². The number of carbonyl (C=O) groups is 1. The van der Waals surface area contributed by atoms with Gasteiger partial charge in [0.15, 0.2) is 0 Å². The van der Waals surface area contributed by atoms with Crippen LogP contribution in [0.2, 0.25) is 0 Å². The van der Waals surface area contributed by atoms with E-state index in [0.717, 1.165) is 10.9 Å². The third-order valence-corrected chi connectivity index (χ3v) is 5.15. The van der Waals surface area contributed by atoms with E-state index in [4.69, 9.17) is 4.74 Å². The molecule has 1 aromatic heterocycles. The molecule has 0 radical (unpaired) electrons. The summed E-state index contributed by atoms with van der Waals surface area (Å²) >= 11 is 5.12. The number of aliphatic hydroxyl groups is 1. The highest BCUT2D eigenvalue weighted by molar-refractivity contribution is 9.10. The van der Waals surface area contributed by atoms with E-state index in [0.29, 0.717) is 19.5 Å². The number of ether oxygens (including phenoxy) is 1. The summed E-state index contributed by atoms with van der Waals surface area (Å²) in [5.41, 5.74) is -0.485. The van der Waals surface area contributed by atoms with Gasteiger partial charge in [0.25, 0.3) is 0 Å². The van der Waals surface area contributed by atoms with Crippen LogP contribution in [-0.4, -0.2) is 40.9 Å². The lowest BCUT2D eigenvalue weighted by molar-refractivity contribution is -0.00809. The monoisotopic (exact) mass is 375 g/mol. The summed E-state index contributed by atoms with van der Waals surface area (Å²) in [7, 11) is 0. The number of halogens is 1. The molecule has 2 atom stereocenters. The van der Waals surface area contributed by atoms with Crippen molar-refractivity contribution in [2.24, 2.45) is 5.92 Å². The molecule has 0 aliphatic carbocycles. The average Bonchev–Trinajstić information content (AvgIpc) is 2.75. The Kier molecular flexibility index (Phi) is 5.33. The van der Waals surface area contributed by atoms with Crippen molar-refractivity contribution in [1.82, 2.24) is 4.90 Å². The van der Waals surface area contributed by atoms with Crippen molar-refractivity contribution in [1.29, 1.82) is 0 Å². The van der Waals surface area contributed by atoms with Gasteiger partial charge in [-0.3, -0.25) is 0 Å². The Balaban J connectivity index is 1.97. The number of thiophene rings is 1.